The Morgan fingerprint density at radius 1 is 1.22 bits per heavy atom. The molecule has 4 nitrogen and oxygen atoms in total. The van der Waals surface area contributed by atoms with E-state index in [1.807, 2.05) is 0 Å². The Bertz CT molecular complexity index is 532. The SMILES string of the molecule is CC(C)S(=O)(=O)c1ccc(N)cc1N1CCCC1. The molecule has 1 aromatic carbocycles. The van der Waals surface area contributed by atoms with Crippen LogP contribution in [0.4, 0.5) is 11.4 Å². The van der Waals surface area contributed by atoms with Crippen molar-refractivity contribution < 1.29 is 8.42 Å². The summed E-state index contributed by atoms with van der Waals surface area (Å²) in [6.45, 7) is 5.23. The van der Waals surface area contributed by atoms with Crippen molar-refractivity contribution in [3.63, 3.8) is 0 Å². The van der Waals surface area contributed by atoms with Gasteiger partial charge in [-0.1, -0.05) is 0 Å². The zero-order valence-corrected chi connectivity index (χ0v) is 11.7. The number of nitrogen functional groups attached to an aromatic ring is 1. The standard InChI is InChI=1S/C13H20N2O2S/c1-10(2)18(16,17)13-6-5-11(14)9-12(13)15-7-3-4-8-15/h5-6,9-10H,3-4,7-8,14H2,1-2H3. The summed E-state index contributed by atoms with van der Waals surface area (Å²) in [6, 6.07) is 5.08. The minimum atomic E-state index is -3.26. The zero-order chi connectivity index (χ0) is 13.3. The van der Waals surface area contributed by atoms with Crippen LogP contribution in [-0.4, -0.2) is 26.8 Å². The van der Waals surface area contributed by atoms with Gasteiger partial charge in [-0.15, -0.1) is 0 Å². The van der Waals surface area contributed by atoms with E-state index in [4.69, 9.17) is 5.73 Å². The first-order chi connectivity index (χ1) is 8.43. The lowest BCUT2D eigenvalue weighted by molar-refractivity contribution is 0.587. The Morgan fingerprint density at radius 3 is 2.39 bits per heavy atom. The largest absolute Gasteiger partial charge is 0.399 e. The summed E-state index contributed by atoms with van der Waals surface area (Å²) < 4.78 is 24.7. The van der Waals surface area contributed by atoms with Crippen LogP contribution in [0.3, 0.4) is 0 Å². The van der Waals surface area contributed by atoms with Crippen molar-refractivity contribution >= 4 is 21.2 Å². The number of nitrogens with two attached hydrogens (primary N) is 1. The molecule has 1 fully saturated rings. The van der Waals surface area contributed by atoms with Crippen LogP contribution >= 0.6 is 0 Å². The van der Waals surface area contributed by atoms with Gasteiger partial charge in [-0.05, 0) is 44.9 Å². The van der Waals surface area contributed by atoms with Gasteiger partial charge in [0.25, 0.3) is 0 Å². The van der Waals surface area contributed by atoms with Gasteiger partial charge in [0.1, 0.15) is 0 Å². The van der Waals surface area contributed by atoms with Crippen LogP contribution in [0.1, 0.15) is 26.7 Å². The Kier molecular flexibility index (Phi) is 3.52. The van der Waals surface area contributed by atoms with Crippen molar-refractivity contribution in [2.45, 2.75) is 36.8 Å². The molecule has 0 amide bonds. The second-order valence-corrected chi connectivity index (χ2v) is 7.49. The maximum Gasteiger partial charge on any atom is 0.182 e. The third-order valence-corrected chi connectivity index (χ3v) is 5.56. The van der Waals surface area contributed by atoms with E-state index in [9.17, 15) is 8.42 Å². The van der Waals surface area contributed by atoms with Gasteiger partial charge in [-0.2, -0.15) is 0 Å². The Balaban J connectivity index is 2.53. The molecule has 1 aliphatic rings. The molecule has 1 heterocycles. The molecule has 2 N–H and O–H groups in total. The van der Waals surface area contributed by atoms with Gasteiger partial charge in [-0.3, -0.25) is 0 Å². The first kappa shape index (κ1) is 13.2. The molecular weight excluding hydrogens is 248 g/mol. The predicted octanol–water partition coefficient (Wildman–Crippen LogP) is 2.05. The number of sulfone groups is 1. The Morgan fingerprint density at radius 2 is 1.83 bits per heavy atom. The summed E-state index contributed by atoms with van der Waals surface area (Å²) in [6.07, 6.45) is 2.21. The van der Waals surface area contributed by atoms with Crippen LogP contribution in [0.15, 0.2) is 23.1 Å². The van der Waals surface area contributed by atoms with Crippen molar-refractivity contribution in [3.8, 4) is 0 Å². The summed E-state index contributed by atoms with van der Waals surface area (Å²) in [5.74, 6) is 0. The summed E-state index contributed by atoms with van der Waals surface area (Å²) in [7, 11) is -3.26. The molecule has 0 atom stereocenters. The van der Waals surface area contributed by atoms with E-state index in [0.29, 0.717) is 10.6 Å². The van der Waals surface area contributed by atoms with Crippen LogP contribution in [0.2, 0.25) is 0 Å². The highest BCUT2D eigenvalue weighted by molar-refractivity contribution is 7.92. The molecule has 18 heavy (non-hydrogen) atoms. The van der Waals surface area contributed by atoms with Crippen LogP contribution in [0.25, 0.3) is 0 Å². The lowest BCUT2D eigenvalue weighted by atomic mass is 10.2. The van der Waals surface area contributed by atoms with E-state index in [1.54, 1.807) is 32.0 Å². The molecular formula is C13H20N2O2S. The molecule has 1 aromatic rings. The van der Waals surface area contributed by atoms with Crippen LogP contribution in [-0.2, 0) is 9.84 Å². The first-order valence-corrected chi connectivity index (χ1v) is 7.86. The first-order valence-electron chi connectivity index (χ1n) is 6.31. The molecule has 0 aliphatic carbocycles. The molecule has 0 aromatic heterocycles. The highest BCUT2D eigenvalue weighted by Crippen LogP contribution is 2.32. The van der Waals surface area contributed by atoms with E-state index in [2.05, 4.69) is 4.90 Å². The van der Waals surface area contributed by atoms with Gasteiger partial charge in [0.2, 0.25) is 0 Å². The average Bonchev–Trinajstić information content (AvgIpc) is 2.81. The van der Waals surface area contributed by atoms with Gasteiger partial charge in [0.05, 0.1) is 15.8 Å². The Hall–Kier alpha value is -1.23. The van der Waals surface area contributed by atoms with Crippen LogP contribution in [0.5, 0.6) is 0 Å². The van der Waals surface area contributed by atoms with Gasteiger partial charge in [0.15, 0.2) is 9.84 Å². The van der Waals surface area contributed by atoms with Crippen molar-refractivity contribution in [3.05, 3.63) is 18.2 Å². The van der Waals surface area contributed by atoms with Gasteiger partial charge in [0, 0.05) is 18.8 Å². The molecule has 0 spiro atoms. The summed E-state index contributed by atoms with van der Waals surface area (Å²) in [5.41, 5.74) is 7.17. The minimum absolute atomic E-state index is 0.411. The van der Waals surface area contributed by atoms with E-state index in [1.165, 1.54) is 0 Å². The predicted molar refractivity (Wildman–Crippen MR) is 74.6 cm³/mol. The number of nitrogens with zero attached hydrogens (tertiary/aromatic N) is 1. The molecule has 0 radical (unpaired) electrons. The molecule has 2 rings (SSSR count). The quantitative estimate of drug-likeness (QED) is 0.852. The highest BCUT2D eigenvalue weighted by Gasteiger charge is 2.26. The van der Waals surface area contributed by atoms with Gasteiger partial charge < -0.3 is 10.6 Å². The van der Waals surface area contributed by atoms with Crippen molar-refractivity contribution in [2.24, 2.45) is 0 Å². The summed E-state index contributed by atoms with van der Waals surface area (Å²) in [5, 5.41) is -0.414. The molecule has 100 valence electrons. The second kappa shape index (κ2) is 4.80. The fraction of sp³-hybridized carbons (Fsp3) is 0.538. The second-order valence-electron chi connectivity index (χ2n) is 5.02. The summed E-state index contributed by atoms with van der Waals surface area (Å²) >= 11 is 0. The minimum Gasteiger partial charge on any atom is -0.399 e. The Labute approximate surface area is 109 Å². The number of hydrogen-bond donors (Lipinski definition) is 1. The van der Waals surface area contributed by atoms with Crippen LogP contribution < -0.4 is 10.6 Å². The van der Waals surface area contributed by atoms with Crippen LogP contribution in [0, 0.1) is 0 Å². The number of benzene rings is 1. The number of hydrogen-bond acceptors (Lipinski definition) is 4. The molecule has 0 saturated carbocycles. The molecule has 5 heteroatoms. The fourth-order valence-electron chi connectivity index (χ4n) is 2.23. The number of anilines is 2. The highest BCUT2D eigenvalue weighted by atomic mass is 32.2. The maximum atomic E-state index is 12.4. The lowest BCUT2D eigenvalue weighted by Crippen LogP contribution is -2.23. The van der Waals surface area contributed by atoms with Crippen molar-refractivity contribution in [1.29, 1.82) is 0 Å². The molecule has 1 saturated heterocycles. The van der Waals surface area contributed by atoms with Crippen molar-refractivity contribution in [1.82, 2.24) is 0 Å². The van der Waals surface area contributed by atoms with E-state index < -0.39 is 15.1 Å². The normalized spacial score (nSPS) is 16.5. The summed E-state index contributed by atoms with van der Waals surface area (Å²) in [4.78, 5) is 2.53. The zero-order valence-electron chi connectivity index (χ0n) is 10.9. The smallest absolute Gasteiger partial charge is 0.182 e. The fourth-order valence-corrected chi connectivity index (χ4v) is 3.48. The topological polar surface area (TPSA) is 63.4 Å². The third kappa shape index (κ3) is 2.32. The number of rotatable bonds is 3. The molecule has 1 aliphatic heterocycles. The van der Waals surface area contributed by atoms with E-state index in [0.717, 1.165) is 31.6 Å². The molecule has 0 bridgehead atoms. The van der Waals surface area contributed by atoms with Gasteiger partial charge in [-0.25, -0.2) is 8.42 Å². The lowest BCUT2D eigenvalue weighted by Gasteiger charge is -2.22. The monoisotopic (exact) mass is 268 g/mol. The van der Waals surface area contributed by atoms with E-state index in [-0.39, 0.29) is 0 Å². The molecule has 0 unspecified atom stereocenters. The van der Waals surface area contributed by atoms with E-state index >= 15 is 0 Å². The third-order valence-electron chi connectivity index (χ3n) is 3.36. The van der Waals surface area contributed by atoms with Gasteiger partial charge >= 0.3 is 0 Å². The average molecular weight is 268 g/mol. The van der Waals surface area contributed by atoms with Crippen molar-refractivity contribution in [2.75, 3.05) is 23.7 Å². The maximum absolute atomic E-state index is 12.4.